The molecule has 1 unspecified atom stereocenters. The van der Waals surface area contributed by atoms with Crippen molar-refractivity contribution in [3.8, 4) is 6.07 Å². The molecule has 2 N–H and O–H groups in total. The molecule has 0 amide bonds. The summed E-state index contributed by atoms with van der Waals surface area (Å²) >= 11 is 0. The van der Waals surface area contributed by atoms with E-state index in [0.29, 0.717) is 11.2 Å². The molecule has 2 aliphatic rings. The molecule has 1 aromatic carbocycles. The molecule has 2 aromatic heterocycles. The normalized spacial score (nSPS) is 28.7. The predicted molar refractivity (Wildman–Crippen MR) is 114 cm³/mol. The second-order valence-corrected chi connectivity index (χ2v) is 8.35. The van der Waals surface area contributed by atoms with Gasteiger partial charge in [0.1, 0.15) is 42.8 Å². The van der Waals surface area contributed by atoms with Crippen molar-refractivity contribution < 1.29 is 23.7 Å². The Kier molecular flexibility index (Phi) is 5.25. The Bertz CT molecular complexity index is 1220. The molecule has 3 aromatic rings. The van der Waals surface area contributed by atoms with Gasteiger partial charge < -0.3 is 24.7 Å². The summed E-state index contributed by atoms with van der Waals surface area (Å²) in [6.45, 7) is 3.42. The molecule has 4 heterocycles. The van der Waals surface area contributed by atoms with Crippen molar-refractivity contribution in [3.05, 3.63) is 60.0 Å². The average Bonchev–Trinajstić information content (AvgIpc) is 3.52. The summed E-state index contributed by atoms with van der Waals surface area (Å²) in [5.41, 5.74) is 6.19. The number of aromatic nitrogens is 3. The molecule has 0 saturated carbocycles. The van der Waals surface area contributed by atoms with Crippen LogP contribution in [0.25, 0.3) is 5.52 Å². The van der Waals surface area contributed by atoms with Gasteiger partial charge in [-0.25, -0.2) is 9.50 Å². The van der Waals surface area contributed by atoms with Gasteiger partial charge in [-0.15, -0.1) is 0 Å². The number of nitrogens with zero attached hydrogens (tertiary/aromatic N) is 4. The van der Waals surface area contributed by atoms with Crippen LogP contribution in [-0.4, -0.2) is 45.5 Å². The van der Waals surface area contributed by atoms with E-state index in [-0.39, 0.29) is 24.3 Å². The molecule has 10 heteroatoms. The molecule has 10 nitrogen and oxygen atoms in total. The number of nitriles is 1. The Hall–Kier alpha value is -3.52. The van der Waals surface area contributed by atoms with Crippen LogP contribution in [0.2, 0.25) is 0 Å². The van der Waals surface area contributed by atoms with Crippen molar-refractivity contribution in [1.82, 2.24) is 14.6 Å². The number of anilines is 1. The monoisotopic (exact) mass is 449 g/mol. The molecule has 0 bridgehead atoms. The maximum Gasteiger partial charge on any atom is 0.308 e. The van der Waals surface area contributed by atoms with E-state index in [1.54, 1.807) is 26.0 Å². The first kappa shape index (κ1) is 21.3. The summed E-state index contributed by atoms with van der Waals surface area (Å²) in [5, 5.41) is 14.7. The molecule has 0 aliphatic carbocycles. The summed E-state index contributed by atoms with van der Waals surface area (Å²) in [4.78, 5) is 16.1. The fourth-order valence-corrected chi connectivity index (χ4v) is 4.25. The Balaban J connectivity index is 1.55. The minimum atomic E-state index is -1.57. The summed E-state index contributed by atoms with van der Waals surface area (Å²) in [7, 11) is 0. The summed E-state index contributed by atoms with van der Waals surface area (Å²) in [5.74, 6) is -0.390. The van der Waals surface area contributed by atoms with E-state index < -0.39 is 30.2 Å². The third-order valence-corrected chi connectivity index (χ3v) is 5.92. The van der Waals surface area contributed by atoms with E-state index in [2.05, 4.69) is 16.2 Å². The quantitative estimate of drug-likeness (QED) is 0.581. The van der Waals surface area contributed by atoms with Crippen LogP contribution in [0.15, 0.2) is 48.8 Å². The Morgan fingerprint density at radius 3 is 2.79 bits per heavy atom. The first-order valence-electron chi connectivity index (χ1n) is 10.6. The van der Waals surface area contributed by atoms with Gasteiger partial charge in [-0.2, -0.15) is 10.4 Å². The number of hydrogen-bond donors (Lipinski definition) is 1. The molecule has 170 valence electrons. The van der Waals surface area contributed by atoms with Gasteiger partial charge in [0.05, 0.1) is 11.6 Å². The van der Waals surface area contributed by atoms with Crippen LogP contribution in [0.1, 0.15) is 31.4 Å². The lowest BCUT2D eigenvalue weighted by Gasteiger charge is -2.27. The van der Waals surface area contributed by atoms with Crippen molar-refractivity contribution >= 4 is 17.3 Å². The first-order valence-corrected chi connectivity index (χ1v) is 10.6. The van der Waals surface area contributed by atoms with Crippen LogP contribution in [0, 0.1) is 17.2 Å². The first-order chi connectivity index (χ1) is 15.9. The van der Waals surface area contributed by atoms with E-state index in [1.165, 1.54) is 10.8 Å². The fourth-order valence-electron chi connectivity index (χ4n) is 4.25. The summed E-state index contributed by atoms with van der Waals surface area (Å²) in [6, 6.07) is 15.1. The number of rotatable bonds is 5. The maximum atomic E-state index is 12.1. The highest BCUT2D eigenvalue weighted by atomic mass is 16.8. The maximum absolute atomic E-state index is 12.1. The second kappa shape index (κ2) is 8.12. The van der Waals surface area contributed by atoms with E-state index in [4.69, 9.17) is 24.7 Å². The lowest BCUT2D eigenvalue weighted by atomic mass is 9.92. The van der Waals surface area contributed by atoms with E-state index >= 15 is 0 Å². The predicted octanol–water partition coefficient (Wildman–Crippen LogP) is 2.11. The third-order valence-electron chi connectivity index (χ3n) is 5.92. The second-order valence-electron chi connectivity index (χ2n) is 8.35. The van der Waals surface area contributed by atoms with Crippen LogP contribution in [-0.2, 0) is 29.3 Å². The van der Waals surface area contributed by atoms with Gasteiger partial charge >= 0.3 is 5.97 Å². The lowest BCUT2D eigenvalue weighted by Crippen LogP contribution is -2.39. The van der Waals surface area contributed by atoms with Gasteiger partial charge in [0.15, 0.2) is 12.1 Å². The van der Waals surface area contributed by atoms with Gasteiger partial charge in [-0.05, 0) is 12.1 Å². The standard InChI is InChI=1S/C23H23N5O5/c1-13(2)21(29)30-10-16-18-19(32-22(31-18)14-6-4-3-5-7-14)23(11-24,33-16)17-9-8-15-20(25)26-12-27-28(15)17/h3-9,12-13,16,18-19,22H,10H2,1-2H3,(H2,25,26,27)/t16-,18-,19-,22?,23+/m1/s1. The molecule has 0 radical (unpaired) electrons. The summed E-state index contributed by atoms with van der Waals surface area (Å²) in [6.07, 6.45) is -1.57. The number of ether oxygens (including phenoxy) is 4. The van der Waals surface area contributed by atoms with E-state index in [9.17, 15) is 10.1 Å². The Morgan fingerprint density at radius 2 is 2.06 bits per heavy atom. The number of nitrogens with two attached hydrogens (primary N) is 1. The molecular weight excluding hydrogens is 426 g/mol. The molecular formula is C23H23N5O5. The van der Waals surface area contributed by atoms with Crippen molar-refractivity contribution in [3.63, 3.8) is 0 Å². The topological polar surface area (TPSA) is 134 Å². The molecule has 5 atom stereocenters. The van der Waals surface area contributed by atoms with Gasteiger partial charge in [0.2, 0.25) is 5.60 Å². The number of fused-ring (bicyclic) bond motifs is 2. The molecule has 0 spiro atoms. The van der Waals surface area contributed by atoms with Crippen LogP contribution < -0.4 is 5.73 Å². The van der Waals surface area contributed by atoms with Crippen LogP contribution in [0.3, 0.4) is 0 Å². The average molecular weight is 449 g/mol. The van der Waals surface area contributed by atoms with E-state index in [1.807, 2.05) is 30.3 Å². The van der Waals surface area contributed by atoms with Crippen LogP contribution >= 0.6 is 0 Å². The zero-order chi connectivity index (χ0) is 23.2. The minimum Gasteiger partial charge on any atom is -0.463 e. The Labute approximate surface area is 189 Å². The highest BCUT2D eigenvalue weighted by molar-refractivity contribution is 5.71. The molecule has 5 rings (SSSR count). The van der Waals surface area contributed by atoms with Gasteiger partial charge in [-0.1, -0.05) is 44.2 Å². The van der Waals surface area contributed by atoms with Crippen LogP contribution in [0.4, 0.5) is 5.82 Å². The minimum absolute atomic E-state index is 0.0765. The van der Waals surface area contributed by atoms with Crippen molar-refractivity contribution in [2.75, 3.05) is 12.3 Å². The number of nitrogen functional groups attached to an aromatic ring is 1. The highest BCUT2D eigenvalue weighted by Crippen LogP contribution is 2.50. The largest absolute Gasteiger partial charge is 0.463 e. The van der Waals surface area contributed by atoms with Crippen LogP contribution in [0.5, 0.6) is 0 Å². The van der Waals surface area contributed by atoms with Crippen molar-refractivity contribution in [1.29, 1.82) is 5.26 Å². The highest BCUT2D eigenvalue weighted by Gasteiger charge is 2.64. The van der Waals surface area contributed by atoms with Crippen molar-refractivity contribution in [2.24, 2.45) is 5.92 Å². The third kappa shape index (κ3) is 3.41. The Morgan fingerprint density at radius 1 is 1.27 bits per heavy atom. The number of carbonyl (C=O) groups is 1. The fraction of sp³-hybridized carbons (Fsp3) is 0.391. The van der Waals surface area contributed by atoms with Gasteiger partial charge in [0, 0.05) is 5.56 Å². The molecule has 2 saturated heterocycles. The van der Waals surface area contributed by atoms with Gasteiger partial charge in [-0.3, -0.25) is 4.79 Å². The smallest absolute Gasteiger partial charge is 0.308 e. The molecule has 2 fully saturated rings. The van der Waals surface area contributed by atoms with E-state index in [0.717, 1.165) is 5.56 Å². The SMILES string of the molecule is CC(C)C(=O)OC[C@H]1O[C@@](C#N)(c2ccc3c(N)ncnn23)[C@@H]2OC(c3ccccc3)O[C@@H]21. The number of benzene rings is 1. The van der Waals surface area contributed by atoms with Gasteiger partial charge in [0.25, 0.3) is 0 Å². The molecule has 33 heavy (non-hydrogen) atoms. The number of carbonyl (C=O) groups excluding carboxylic acids is 1. The zero-order valence-electron chi connectivity index (χ0n) is 18.1. The zero-order valence-corrected chi connectivity index (χ0v) is 18.1. The number of esters is 1. The summed E-state index contributed by atoms with van der Waals surface area (Å²) < 4.78 is 25.7. The number of hydrogen-bond acceptors (Lipinski definition) is 9. The van der Waals surface area contributed by atoms with Crippen molar-refractivity contribution in [2.45, 2.75) is 44.1 Å². The molecule has 2 aliphatic heterocycles. The lowest BCUT2D eigenvalue weighted by molar-refractivity contribution is -0.172.